The van der Waals surface area contributed by atoms with E-state index in [1.165, 1.54) is 12.5 Å². The number of pyridine rings is 1. The summed E-state index contributed by atoms with van der Waals surface area (Å²) in [6, 6.07) is 13.0. The van der Waals surface area contributed by atoms with Crippen molar-refractivity contribution in [3.05, 3.63) is 54.0 Å². The minimum absolute atomic E-state index is 0.235. The minimum atomic E-state index is -0.235. The van der Waals surface area contributed by atoms with Crippen molar-refractivity contribution < 1.29 is 4.39 Å². The molecule has 1 aliphatic rings. The van der Waals surface area contributed by atoms with Gasteiger partial charge in [-0.2, -0.15) is 0 Å². The summed E-state index contributed by atoms with van der Waals surface area (Å²) < 4.78 is 13.8. The molecule has 2 aromatic rings. The number of aromatic nitrogens is 1. The lowest BCUT2D eigenvalue weighted by molar-refractivity contribution is 0.622. The molecule has 1 aromatic heterocycles. The maximum absolute atomic E-state index is 13.8. The largest absolute Gasteiger partial charge is 0.327 e. The van der Waals surface area contributed by atoms with Crippen LogP contribution in [0.3, 0.4) is 0 Å². The molecule has 2 heterocycles. The predicted molar refractivity (Wildman–Crippen MR) is 78.7 cm³/mol. The highest BCUT2D eigenvalue weighted by molar-refractivity contribution is 5.59. The van der Waals surface area contributed by atoms with Gasteiger partial charge in [-0.3, -0.25) is 0 Å². The summed E-state index contributed by atoms with van der Waals surface area (Å²) in [6.45, 7) is 1.04. The number of anilines is 2. The van der Waals surface area contributed by atoms with E-state index in [0.717, 1.165) is 24.5 Å². The number of benzene rings is 1. The van der Waals surface area contributed by atoms with Crippen molar-refractivity contribution >= 4 is 11.5 Å². The van der Waals surface area contributed by atoms with Gasteiger partial charge in [0, 0.05) is 13.1 Å². The monoisotopic (exact) mass is 271 g/mol. The fourth-order valence-electron chi connectivity index (χ4n) is 2.60. The molecular formula is C16H18FN3. The SMILES string of the molecule is CN(c1cccc(C2CCCN2)n1)c1ccccc1F. The van der Waals surface area contributed by atoms with Gasteiger partial charge in [0.2, 0.25) is 0 Å². The van der Waals surface area contributed by atoms with E-state index in [4.69, 9.17) is 0 Å². The third-order valence-electron chi connectivity index (χ3n) is 3.73. The Balaban J connectivity index is 1.90. The highest BCUT2D eigenvalue weighted by Crippen LogP contribution is 2.27. The van der Waals surface area contributed by atoms with E-state index in [1.807, 2.05) is 31.3 Å². The maximum atomic E-state index is 13.8. The molecule has 1 atom stereocenters. The van der Waals surface area contributed by atoms with Crippen molar-refractivity contribution in [1.82, 2.24) is 10.3 Å². The van der Waals surface area contributed by atoms with Gasteiger partial charge in [-0.15, -0.1) is 0 Å². The normalized spacial score (nSPS) is 18.2. The minimum Gasteiger partial charge on any atom is -0.327 e. The van der Waals surface area contributed by atoms with E-state index in [-0.39, 0.29) is 5.82 Å². The van der Waals surface area contributed by atoms with E-state index < -0.39 is 0 Å². The molecule has 1 saturated heterocycles. The molecule has 0 spiro atoms. The molecule has 104 valence electrons. The van der Waals surface area contributed by atoms with Crippen LogP contribution < -0.4 is 10.2 Å². The van der Waals surface area contributed by atoms with Gasteiger partial charge < -0.3 is 10.2 Å². The van der Waals surface area contributed by atoms with Gasteiger partial charge in [0.25, 0.3) is 0 Å². The smallest absolute Gasteiger partial charge is 0.146 e. The number of nitrogens with one attached hydrogen (secondary N) is 1. The number of halogens is 1. The van der Waals surface area contributed by atoms with Gasteiger partial charge in [-0.1, -0.05) is 18.2 Å². The van der Waals surface area contributed by atoms with E-state index in [2.05, 4.69) is 10.3 Å². The Morgan fingerprint density at radius 3 is 2.80 bits per heavy atom. The zero-order valence-electron chi connectivity index (χ0n) is 11.5. The molecular weight excluding hydrogens is 253 g/mol. The summed E-state index contributed by atoms with van der Waals surface area (Å²) in [5.74, 6) is 0.530. The second-order valence-electron chi connectivity index (χ2n) is 5.08. The first kappa shape index (κ1) is 13.1. The molecule has 1 fully saturated rings. The number of rotatable bonds is 3. The van der Waals surface area contributed by atoms with Crippen molar-refractivity contribution in [2.45, 2.75) is 18.9 Å². The average molecular weight is 271 g/mol. The summed E-state index contributed by atoms with van der Waals surface area (Å²) in [7, 11) is 1.84. The summed E-state index contributed by atoms with van der Waals surface area (Å²) in [6.07, 6.45) is 2.29. The molecule has 3 nitrogen and oxygen atoms in total. The molecule has 20 heavy (non-hydrogen) atoms. The second kappa shape index (κ2) is 5.59. The van der Waals surface area contributed by atoms with Gasteiger partial charge in [-0.05, 0) is 43.7 Å². The van der Waals surface area contributed by atoms with Crippen molar-refractivity contribution in [3.8, 4) is 0 Å². The van der Waals surface area contributed by atoms with Gasteiger partial charge in [0.1, 0.15) is 11.6 Å². The number of para-hydroxylation sites is 1. The molecule has 1 unspecified atom stereocenters. The molecule has 4 heteroatoms. The number of hydrogen-bond acceptors (Lipinski definition) is 3. The highest BCUT2D eigenvalue weighted by atomic mass is 19.1. The van der Waals surface area contributed by atoms with Gasteiger partial charge in [0.15, 0.2) is 0 Å². The zero-order valence-corrected chi connectivity index (χ0v) is 11.5. The molecule has 1 aromatic carbocycles. The van der Waals surface area contributed by atoms with Crippen LogP contribution in [0.25, 0.3) is 0 Å². The molecule has 1 aliphatic heterocycles. The Morgan fingerprint density at radius 1 is 1.20 bits per heavy atom. The van der Waals surface area contributed by atoms with Gasteiger partial charge >= 0.3 is 0 Å². The van der Waals surface area contributed by atoms with Crippen LogP contribution in [0.1, 0.15) is 24.6 Å². The van der Waals surface area contributed by atoms with Crippen molar-refractivity contribution in [2.75, 3.05) is 18.5 Å². The summed E-state index contributed by atoms with van der Waals surface area (Å²) >= 11 is 0. The van der Waals surface area contributed by atoms with Crippen molar-refractivity contribution in [2.24, 2.45) is 0 Å². The first-order chi connectivity index (χ1) is 9.75. The summed E-state index contributed by atoms with van der Waals surface area (Å²) in [5, 5.41) is 3.44. The maximum Gasteiger partial charge on any atom is 0.146 e. The molecule has 3 rings (SSSR count). The topological polar surface area (TPSA) is 28.2 Å². The first-order valence-electron chi connectivity index (χ1n) is 6.94. The molecule has 0 saturated carbocycles. The van der Waals surface area contributed by atoms with E-state index >= 15 is 0 Å². The molecule has 0 radical (unpaired) electrons. The highest BCUT2D eigenvalue weighted by Gasteiger charge is 2.18. The summed E-state index contributed by atoms with van der Waals surface area (Å²) in [5.41, 5.74) is 1.57. The third kappa shape index (κ3) is 2.51. The standard InChI is InChI=1S/C16H18FN3/c1-20(15-9-3-2-6-12(15)17)16-10-4-7-14(19-16)13-8-5-11-18-13/h2-4,6-7,9-10,13,18H,5,8,11H2,1H3. The van der Waals surface area contributed by atoms with Gasteiger partial charge in [0.05, 0.1) is 11.4 Å². The van der Waals surface area contributed by atoms with Crippen LogP contribution in [0.4, 0.5) is 15.9 Å². The third-order valence-corrected chi connectivity index (χ3v) is 3.73. The van der Waals surface area contributed by atoms with Crippen LogP contribution >= 0.6 is 0 Å². The lowest BCUT2D eigenvalue weighted by atomic mass is 10.1. The first-order valence-corrected chi connectivity index (χ1v) is 6.94. The van der Waals surface area contributed by atoms with Crippen LogP contribution in [-0.2, 0) is 0 Å². The van der Waals surface area contributed by atoms with Crippen molar-refractivity contribution in [1.29, 1.82) is 0 Å². The number of nitrogens with zero attached hydrogens (tertiary/aromatic N) is 2. The molecule has 0 bridgehead atoms. The van der Waals surface area contributed by atoms with Gasteiger partial charge in [-0.25, -0.2) is 9.37 Å². The lowest BCUT2D eigenvalue weighted by Crippen LogP contribution is -2.17. The van der Waals surface area contributed by atoms with Crippen LogP contribution in [0, 0.1) is 5.82 Å². The van der Waals surface area contributed by atoms with Crippen LogP contribution in [0.2, 0.25) is 0 Å². The molecule has 1 N–H and O–H groups in total. The van der Waals surface area contributed by atoms with Crippen LogP contribution in [-0.4, -0.2) is 18.6 Å². The average Bonchev–Trinajstić information content (AvgIpc) is 3.01. The fourth-order valence-corrected chi connectivity index (χ4v) is 2.60. The lowest BCUT2D eigenvalue weighted by Gasteiger charge is -2.20. The Morgan fingerprint density at radius 2 is 2.05 bits per heavy atom. The van der Waals surface area contributed by atoms with Crippen LogP contribution in [0.15, 0.2) is 42.5 Å². The molecule has 0 aliphatic carbocycles. The van der Waals surface area contributed by atoms with Crippen LogP contribution in [0.5, 0.6) is 0 Å². The Hall–Kier alpha value is -1.94. The Labute approximate surface area is 118 Å². The van der Waals surface area contributed by atoms with E-state index in [0.29, 0.717) is 11.7 Å². The van der Waals surface area contributed by atoms with Crippen molar-refractivity contribution in [3.63, 3.8) is 0 Å². The second-order valence-corrected chi connectivity index (χ2v) is 5.08. The van der Waals surface area contributed by atoms with E-state index in [9.17, 15) is 4.39 Å². The molecule has 0 amide bonds. The summed E-state index contributed by atoms with van der Waals surface area (Å²) in [4.78, 5) is 6.45. The number of hydrogen-bond donors (Lipinski definition) is 1. The fraction of sp³-hybridized carbons (Fsp3) is 0.312. The quantitative estimate of drug-likeness (QED) is 0.927. The Kier molecular flexibility index (Phi) is 3.65. The van der Waals surface area contributed by atoms with E-state index in [1.54, 1.807) is 17.0 Å². The predicted octanol–water partition coefficient (Wildman–Crippen LogP) is 3.41. The Bertz CT molecular complexity index is 594. The zero-order chi connectivity index (χ0) is 13.9.